The molecule has 0 spiro atoms. The zero-order valence-corrected chi connectivity index (χ0v) is 14.0. The maximum absolute atomic E-state index is 14.5. The lowest BCUT2D eigenvalue weighted by atomic mass is 9.95. The number of anilines is 1. The number of fused-ring (bicyclic) bond motifs is 1. The number of nitrogens with zero attached hydrogens (tertiary/aromatic N) is 4. The minimum Gasteiger partial charge on any atom is -0.356 e. The summed E-state index contributed by atoms with van der Waals surface area (Å²) in [4.78, 5) is 11.0. The number of aromatic nitrogens is 4. The van der Waals surface area contributed by atoms with Crippen molar-refractivity contribution in [2.45, 2.75) is 19.3 Å². The zero-order valence-electron chi connectivity index (χ0n) is 14.0. The van der Waals surface area contributed by atoms with E-state index in [2.05, 4.69) is 25.1 Å². The summed E-state index contributed by atoms with van der Waals surface area (Å²) in [5.41, 5.74) is 7.12. The summed E-state index contributed by atoms with van der Waals surface area (Å²) in [7, 11) is 0. The molecule has 3 aromatic rings. The van der Waals surface area contributed by atoms with Crippen LogP contribution in [0.5, 0.6) is 0 Å². The minimum atomic E-state index is -0.367. The molecule has 1 aliphatic heterocycles. The fourth-order valence-corrected chi connectivity index (χ4v) is 3.56. The molecule has 3 aromatic heterocycles. The highest BCUT2D eigenvalue weighted by molar-refractivity contribution is 5.89. The van der Waals surface area contributed by atoms with E-state index in [1.54, 1.807) is 12.3 Å². The number of pyridine rings is 2. The van der Waals surface area contributed by atoms with Gasteiger partial charge < -0.3 is 10.6 Å². The largest absolute Gasteiger partial charge is 0.356 e. The molecule has 134 valence electrons. The van der Waals surface area contributed by atoms with Crippen LogP contribution in [-0.4, -0.2) is 39.8 Å². The van der Waals surface area contributed by atoms with Crippen molar-refractivity contribution in [3.63, 3.8) is 0 Å². The number of nitrogens with two attached hydrogens (primary N) is 1. The van der Waals surface area contributed by atoms with Gasteiger partial charge in [-0.1, -0.05) is 0 Å². The van der Waals surface area contributed by atoms with E-state index in [0.717, 1.165) is 37.1 Å². The van der Waals surface area contributed by atoms with Gasteiger partial charge in [-0.2, -0.15) is 5.10 Å². The lowest BCUT2D eigenvalue weighted by Crippen LogP contribution is -2.36. The van der Waals surface area contributed by atoms with Crippen molar-refractivity contribution in [3.8, 4) is 11.4 Å². The van der Waals surface area contributed by atoms with Crippen molar-refractivity contribution >= 4 is 16.9 Å². The topological polar surface area (TPSA) is 83.7 Å². The standard InChI is InChI=1S/C18H21FN6.2H2/c19-14-5-6-15(25-10-2-3-12(11-25)7-8-20)22-17(14)16-13-4-1-9-21-18(13)24-23-16;;/h1,4-6,9,12H,2-3,7-8,10-11,20H2,(H,21,23,24);2*1H. The summed E-state index contributed by atoms with van der Waals surface area (Å²) in [5, 5.41) is 7.79. The first kappa shape index (κ1) is 16.0. The molecule has 0 aromatic carbocycles. The molecule has 0 saturated carbocycles. The van der Waals surface area contributed by atoms with E-state index in [4.69, 9.17) is 5.73 Å². The van der Waals surface area contributed by atoms with Gasteiger partial charge in [-0.15, -0.1) is 0 Å². The van der Waals surface area contributed by atoms with Crippen LogP contribution in [0, 0.1) is 11.7 Å². The molecule has 6 nitrogen and oxygen atoms in total. The number of hydrogen-bond donors (Lipinski definition) is 2. The Morgan fingerprint density at radius 2 is 2.28 bits per heavy atom. The summed E-state index contributed by atoms with van der Waals surface area (Å²) < 4.78 is 14.5. The Morgan fingerprint density at radius 1 is 1.36 bits per heavy atom. The number of H-pyrrole nitrogens is 1. The Bertz CT molecular complexity index is 885. The molecule has 1 unspecified atom stereocenters. The predicted octanol–water partition coefficient (Wildman–Crippen LogP) is 3.22. The van der Waals surface area contributed by atoms with E-state index in [-0.39, 0.29) is 14.4 Å². The van der Waals surface area contributed by atoms with Crippen LogP contribution >= 0.6 is 0 Å². The first-order valence-electron chi connectivity index (χ1n) is 8.67. The molecule has 4 rings (SSSR count). The van der Waals surface area contributed by atoms with Gasteiger partial charge in [0.1, 0.15) is 11.5 Å². The highest BCUT2D eigenvalue weighted by Gasteiger charge is 2.22. The molecule has 7 heteroatoms. The fourth-order valence-electron chi connectivity index (χ4n) is 3.56. The van der Waals surface area contributed by atoms with Crippen LogP contribution in [-0.2, 0) is 0 Å². The maximum Gasteiger partial charge on any atom is 0.181 e. The van der Waals surface area contributed by atoms with Crippen molar-refractivity contribution in [3.05, 3.63) is 36.3 Å². The molecule has 1 atom stereocenters. The summed E-state index contributed by atoms with van der Waals surface area (Å²) in [6.45, 7) is 2.55. The second-order valence-electron chi connectivity index (χ2n) is 6.50. The van der Waals surface area contributed by atoms with Crippen LogP contribution in [0.25, 0.3) is 22.4 Å². The third kappa shape index (κ3) is 3.07. The van der Waals surface area contributed by atoms with Gasteiger partial charge in [0.25, 0.3) is 0 Å². The van der Waals surface area contributed by atoms with Crippen LogP contribution < -0.4 is 10.6 Å². The van der Waals surface area contributed by atoms with Crippen LogP contribution in [0.2, 0.25) is 0 Å². The van der Waals surface area contributed by atoms with Gasteiger partial charge in [0.15, 0.2) is 11.5 Å². The van der Waals surface area contributed by atoms with E-state index < -0.39 is 0 Å². The quantitative estimate of drug-likeness (QED) is 0.759. The third-order valence-corrected chi connectivity index (χ3v) is 4.82. The number of aromatic amines is 1. The van der Waals surface area contributed by atoms with E-state index in [0.29, 0.717) is 23.8 Å². The van der Waals surface area contributed by atoms with Crippen molar-refractivity contribution in [2.75, 3.05) is 24.5 Å². The van der Waals surface area contributed by atoms with Crippen molar-refractivity contribution in [2.24, 2.45) is 11.7 Å². The van der Waals surface area contributed by atoms with Crippen LogP contribution in [0.15, 0.2) is 30.5 Å². The summed E-state index contributed by atoms with van der Waals surface area (Å²) >= 11 is 0. The second kappa shape index (κ2) is 6.76. The Morgan fingerprint density at radius 3 is 3.16 bits per heavy atom. The van der Waals surface area contributed by atoms with E-state index in [9.17, 15) is 4.39 Å². The molecule has 1 fully saturated rings. The van der Waals surface area contributed by atoms with Gasteiger partial charge in [-0.25, -0.2) is 14.4 Å². The molecule has 25 heavy (non-hydrogen) atoms. The summed E-state index contributed by atoms with van der Waals surface area (Å²) in [6, 6.07) is 6.91. The zero-order chi connectivity index (χ0) is 17.2. The van der Waals surface area contributed by atoms with Crippen LogP contribution in [0.3, 0.4) is 0 Å². The maximum atomic E-state index is 14.5. The van der Waals surface area contributed by atoms with E-state index in [1.165, 1.54) is 12.5 Å². The van der Waals surface area contributed by atoms with Crippen molar-refractivity contribution < 1.29 is 7.24 Å². The highest BCUT2D eigenvalue weighted by Crippen LogP contribution is 2.29. The normalized spacial score (nSPS) is 18.0. The smallest absolute Gasteiger partial charge is 0.181 e. The van der Waals surface area contributed by atoms with Gasteiger partial charge >= 0.3 is 0 Å². The van der Waals surface area contributed by atoms with Gasteiger partial charge in [-0.05, 0) is 56.0 Å². The molecule has 1 aliphatic rings. The second-order valence-corrected chi connectivity index (χ2v) is 6.50. The molecular weight excluding hydrogens is 319 g/mol. The average Bonchev–Trinajstić information content (AvgIpc) is 3.07. The van der Waals surface area contributed by atoms with Gasteiger partial charge in [0.05, 0.1) is 5.69 Å². The Labute approximate surface area is 148 Å². The molecule has 0 amide bonds. The average molecular weight is 344 g/mol. The number of hydrogen-bond acceptors (Lipinski definition) is 5. The van der Waals surface area contributed by atoms with Gasteiger partial charge in [0.2, 0.25) is 0 Å². The number of halogens is 1. The van der Waals surface area contributed by atoms with Crippen molar-refractivity contribution in [1.82, 2.24) is 20.2 Å². The molecule has 1 saturated heterocycles. The molecule has 0 bridgehead atoms. The van der Waals surface area contributed by atoms with Crippen LogP contribution in [0.1, 0.15) is 22.1 Å². The lowest BCUT2D eigenvalue weighted by molar-refractivity contribution is 0.394. The molecule has 0 aliphatic carbocycles. The number of rotatable bonds is 4. The SMILES string of the molecule is NCCC1CCCN(c2ccc(F)c(-c3[nH]nc4ncccc34)n2)C1.[HH].[HH]. The molecule has 4 heterocycles. The molecule has 0 radical (unpaired) electrons. The summed E-state index contributed by atoms with van der Waals surface area (Å²) in [5.74, 6) is 1.00. The first-order valence-corrected chi connectivity index (χ1v) is 8.67. The number of nitrogens with one attached hydrogen (secondary N) is 1. The minimum absolute atomic E-state index is 0. The molecule has 3 N–H and O–H groups in total. The number of piperidine rings is 1. The van der Waals surface area contributed by atoms with Gasteiger partial charge in [-0.3, -0.25) is 5.10 Å². The lowest BCUT2D eigenvalue weighted by Gasteiger charge is -2.33. The van der Waals surface area contributed by atoms with E-state index in [1.807, 2.05) is 12.1 Å². The van der Waals surface area contributed by atoms with Crippen LogP contribution in [0.4, 0.5) is 10.2 Å². The summed E-state index contributed by atoms with van der Waals surface area (Å²) in [6.07, 6.45) is 4.98. The third-order valence-electron chi connectivity index (χ3n) is 4.82. The van der Waals surface area contributed by atoms with E-state index >= 15 is 0 Å². The first-order chi connectivity index (χ1) is 12.3. The van der Waals surface area contributed by atoms with Crippen molar-refractivity contribution in [1.29, 1.82) is 0 Å². The Hall–Kier alpha value is -2.54. The fraction of sp³-hybridized carbons (Fsp3) is 0.389. The predicted molar refractivity (Wildman–Crippen MR) is 99.9 cm³/mol. The van der Waals surface area contributed by atoms with Gasteiger partial charge in [0, 0.05) is 27.5 Å². The highest BCUT2D eigenvalue weighted by atomic mass is 19.1. The Balaban J connectivity index is 0.00000131. The monoisotopic (exact) mass is 344 g/mol. The Kier molecular flexibility index (Phi) is 4.31. The molecular formula is C18H25FN6.